The van der Waals surface area contributed by atoms with Crippen molar-refractivity contribution in [1.82, 2.24) is 10.2 Å². The lowest BCUT2D eigenvalue weighted by Gasteiger charge is -2.34. The molecule has 1 saturated carbocycles. The van der Waals surface area contributed by atoms with Crippen molar-refractivity contribution >= 4 is 21.3 Å². The Hall–Kier alpha value is -3.18. The van der Waals surface area contributed by atoms with Crippen molar-refractivity contribution in [1.29, 1.82) is 5.26 Å². The number of benzene rings is 1. The number of halogens is 1. The number of sulfone groups is 1. The zero-order valence-electron chi connectivity index (χ0n) is 18.9. The van der Waals surface area contributed by atoms with Crippen LogP contribution < -0.4 is 5.32 Å². The standard InChI is InChI=1S/C26H26FN3O3S/c1-34(32,33)20-8-12-30(13-9-20)25(31)22-15-29-23-7-6-19(27)14-21(23)24(22)17-2-4-18(5-3-17)26(16-28)10-11-26/h2-7,14-15,20,23,29H,8-13H2,1H3. The number of nitriles is 1. The van der Waals surface area contributed by atoms with Gasteiger partial charge in [-0.2, -0.15) is 5.26 Å². The molecule has 6 nitrogen and oxygen atoms in total. The predicted octanol–water partition coefficient (Wildman–Crippen LogP) is 3.31. The molecule has 1 unspecified atom stereocenters. The first-order chi connectivity index (χ1) is 16.2. The molecular weight excluding hydrogens is 453 g/mol. The number of allylic oxidation sites excluding steroid dienone is 2. The van der Waals surface area contributed by atoms with Crippen molar-refractivity contribution in [3.05, 3.63) is 76.8 Å². The number of carbonyl (C=O) groups excluding carboxylic acids is 1. The highest BCUT2D eigenvalue weighted by Gasteiger charge is 2.45. The number of fused-ring (bicyclic) bond motifs is 1. The summed E-state index contributed by atoms with van der Waals surface area (Å²) in [5.41, 5.74) is 3.09. The summed E-state index contributed by atoms with van der Waals surface area (Å²) in [6.07, 6.45) is 10.00. The van der Waals surface area contributed by atoms with E-state index in [0.717, 1.165) is 24.0 Å². The number of carbonyl (C=O) groups is 1. The van der Waals surface area contributed by atoms with E-state index in [1.807, 2.05) is 24.3 Å². The highest BCUT2D eigenvalue weighted by Crippen LogP contribution is 2.48. The van der Waals surface area contributed by atoms with Gasteiger partial charge in [0.15, 0.2) is 0 Å². The molecule has 1 aromatic carbocycles. The summed E-state index contributed by atoms with van der Waals surface area (Å²) < 4.78 is 38.1. The van der Waals surface area contributed by atoms with Gasteiger partial charge in [-0.15, -0.1) is 0 Å². The second kappa shape index (κ2) is 8.24. The monoisotopic (exact) mass is 479 g/mol. The van der Waals surface area contributed by atoms with Crippen molar-refractivity contribution in [3.63, 3.8) is 0 Å². The number of nitrogens with zero attached hydrogens (tertiary/aromatic N) is 2. The van der Waals surface area contributed by atoms with Gasteiger partial charge in [0, 0.05) is 31.1 Å². The van der Waals surface area contributed by atoms with E-state index in [2.05, 4.69) is 11.4 Å². The van der Waals surface area contributed by atoms with Gasteiger partial charge in [-0.25, -0.2) is 12.8 Å². The minimum absolute atomic E-state index is 0.205. The van der Waals surface area contributed by atoms with Crippen LogP contribution in [-0.2, 0) is 20.0 Å². The van der Waals surface area contributed by atoms with Crippen LogP contribution in [0.15, 0.2) is 65.7 Å². The minimum atomic E-state index is -3.14. The highest BCUT2D eigenvalue weighted by atomic mass is 32.2. The molecular formula is C26H26FN3O3S. The van der Waals surface area contributed by atoms with E-state index in [1.54, 1.807) is 17.2 Å². The van der Waals surface area contributed by atoms with Gasteiger partial charge in [-0.1, -0.05) is 30.3 Å². The van der Waals surface area contributed by atoms with Crippen LogP contribution in [0.25, 0.3) is 5.57 Å². The van der Waals surface area contributed by atoms with Crippen LogP contribution in [0.3, 0.4) is 0 Å². The van der Waals surface area contributed by atoms with E-state index in [4.69, 9.17) is 0 Å². The lowest BCUT2D eigenvalue weighted by Crippen LogP contribution is -2.44. The van der Waals surface area contributed by atoms with Crippen LogP contribution >= 0.6 is 0 Å². The molecule has 1 atom stereocenters. The van der Waals surface area contributed by atoms with E-state index < -0.39 is 20.5 Å². The van der Waals surface area contributed by atoms with Crippen LogP contribution in [0.1, 0.15) is 36.8 Å². The molecule has 2 fully saturated rings. The van der Waals surface area contributed by atoms with Gasteiger partial charge in [0.2, 0.25) is 0 Å². The number of amides is 1. The Morgan fingerprint density at radius 2 is 1.88 bits per heavy atom. The second-order valence-electron chi connectivity index (χ2n) is 9.51. The Bertz CT molecular complexity index is 1300. The van der Waals surface area contributed by atoms with Crippen LogP contribution in [0.4, 0.5) is 4.39 Å². The summed E-state index contributed by atoms with van der Waals surface area (Å²) in [6, 6.07) is 9.80. The number of likely N-dealkylation sites (tertiary alicyclic amines) is 1. The van der Waals surface area contributed by atoms with Crippen LogP contribution in [-0.4, -0.2) is 49.9 Å². The summed E-state index contributed by atoms with van der Waals surface area (Å²) in [5, 5.41) is 12.3. The summed E-state index contributed by atoms with van der Waals surface area (Å²) in [4.78, 5) is 15.3. The summed E-state index contributed by atoms with van der Waals surface area (Å²) in [6.45, 7) is 0.710. The van der Waals surface area contributed by atoms with Gasteiger partial charge in [-0.05, 0) is 54.5 Å². The Labute approximate surface area is 199 Å². The number of hydrogen-bond acceptors (Lipinski definition) is 5. The third-order valence-electron chi connectivity index (χ3n) is 7.30. The van der Waals surface area contributed by atoms with Crippen molar-refractivity contribution in [2.24, 2.45) is 0 Å². The zero-order chi connectivity index (χ0) is 24.1. The van der Waals surface area contributed by atoms with Crippen LogP contribution in [0.5, 0.6) is 0 Å². The molecule has 176 valence electrons. The molecule has 0 bridgehead atoms. The highest BCUT2D eigenvalue weighted by molar-refractivity contribution is 7.91. The van der Waals surface area contributed by atoms with Crippen LogP contribution in [0, 0.1) is 11.3 Å². The average molecular weight is 480 g/mol. The van der Waals surface area contributed by atoms with Crippen molar-refractivity contribution in [2.45, 2.75) is 42.4 Å². The molecule has 2 heterocycles. The third-order valence-corrected chi connectivity index (χ3v) is 8.98. The zero-order valence-corrected chi connectivity index (χ0v) is 19.7. The maximum absolute atomic E-state index is 14.3. The van der Waals surface area contributed by atoms with E-state index in [1.165, 1.54) is 18.4 Å². The average Bonchev–Trinajstić information content (AvgIpc) is 3.64. The molecule has 0 spiro atoms. The molecule has 0 radical (unpaired) electrons. The predicted molar refractivity (Wildman–Crippen MR) is 128 cm³/mol. The molecule has 5 rings (SSSR count). The maximum atomic E-state index is 14.3. The molecule has 0 aromatic heterocycles. The molecule has 34 heavy (non-hydrogen) atoms. The first kappa shape index (κ1) is 22.6. The Morgan fingerprint density at radius 3 is 2.47 bits per heavy atom. The number of piperidine rings is 1. The second-order valence-corrected chi connectivity index (χ2v) is 11.8. The lowest BCUT2D eigenvalue weighted by molar-refractivity contribution is -0.127. The van der Waals surface area contributed by atoms with E-state index in [9.17, 15) is 22.9 Å². The summed E-state index contributed by atoms with van der Waals surface area (Å²) in [7, 11) is -3.14. The lowest BCUT2D eigenvalue weighted by atomic mass is 9.84. The fraction of sp³-hybridized carbons (Fsp3) is 0.385. The fourth-order valence-electron chi connectivity index (χ4n) is 5.05. The molecule has 1 amide bonds. The summed E-state index contributed by atoms with van der Waals surface area (Å²) in [5.74, 6) is -0.588. The van der Waals surface area contributed by atoms with Gasteiger partial charge in [0.25, 0.3) is 5.91 Å². The SMILES string of the molecule is CS(=O)(=O)C1CCN(C(=O)C2=CNC3C=CC(F)=CC3=C2c2ccc(C3(C#N)CC3)cc2)CC1. The first-order valence-electron chi connectivity index (χ1n) is 11.5. The first-order valence-corrected chi connectivity index (χ1v) is 13.4. The number of nitrogens with one attached hydrogen (secondary N) is 1. The number of hydrogen-bond donors (Lipinski definition) is 1. The third kappa shape index (κ3) is 3.98. The quantitative estimate of drug-likeness (QED) is 0.716. The normalized spacial score (nSPS) is 23.9. The van der Waals surface area contributed by atoms with Crippen molar-refractivity contribution < 1.29 is 17.6 Å². The minimum Gasteiger partial charge on any atom is -0.380 e. The largest absolute Gasteiger partial charge is 0.380 e. The van der Waals surface area contributed by atoms with Gasteiger partial charge in [0.05, 0.1) is 28.3 Å². The maximum Gasteiger partial charge on any atom is 0.255 e. The smallest absolute Gasteiger partial charge is 0.255 e. The number of rotatable bonds is 4. The topological polar surface area (TPSA) is 90.3 Å². The Morgan fingerprint density at radius 1 is 1.21 bits per heavy atom. The molecule has 8 heteroatoms. The molecule has 2 aliphatic heterocycles. The van der Waals surface area contributed by atoms with Gasteiger partial charge in [-0.3, -0.25) is 4.79 Å². The molecule has 1 saturated heterocycles. The van der Waals surface area contributed by atoms with Crippen molar-refractivity contribution in [3.8, 4) is 6.07 Å². The van der Waals surface area contributed by atoms with Gasteiger partial charge < -0.3 is 10.2 Å². The van der Waals surface area contributed by atoms with E-state index in [-0.39, 0.29) is 17.8 Å². The van der Waals surface area contributed by atoms with Gasteiger partial charge in [0.1, 0.15) is 15.7 Å². The summed E-state index contributed by atoms with van der Waals surface area (Å²) >= 11 is 0. The Balaban J connectivity index is 1.49. The van der Waals surface area contributed by atoms with E-state index >= 15 is 0 Å². The number of dihydropyridines is 1. The molecule has 1 aromatic rings. The fourth-order valence-corrected chi connectivity index (χ4v) is 6.11. The Kier molecular flexibility index (Phi) is 5.48. The van der Waals surface area contributed by atoms with Gasteiger partial charge >= 0.3 is 0 Å². The van der Waals surface area contributed by atoms with Crippen molar-refractivity contribution in [2.75, 3.05) is 19.3 Å². The molecule has 2 aliphatic carbocycles. The van der Waals surface area contributed by atoms with Crippen LogP contribution in [0.2, 0.25) is 0 Å². The molecule has 4 aliphatic rings. The molecule has 1 N–H and O–H groups in total. The van der Waals surface area contributed by atoms with E-state index in [0.29, 0.717) is 42.7 Å².